The second-order valence-electron chi connectivity index (χ2n) is 3.49. The van der Waals surface area contributed by atoms with Crippen molar-refractivity contribution < 1.29 is 22.7 Å². The third-order valence-corrected chi connectivity index (χ3v) is 7.94. The van der Waals surface area contributed by atoms with Gasteiger partial charge in [0.25, 0.3) is 7.52 Å². The second kappa shape index (κ2) is 7.67. The normalized spacial score (nSPS) is 16.1. The van der Waals surface area contributed by atoms with Gasteiger partial charge in [0.15, 0.2) is 0 Å². The Bertz CT molecular complexity index is 298. The summed E-state index contributed by atoms with van der Waals surface area (Å²) in [6, 6.07) is 0. The van der Waals surface area contributed by atoms with E-state index in [1.807, 2.05) is 0 Å². The molecule has 0 heterocycles. The number of nitrogens with zero attached hydrogens (tertiary/aromatic N) is 1. The van der Waals surface area contributed by atoms with E-state index >= 15 is 0 Å². The molecular weight excluding hydrogens is 264 g/mol. The summed E-state index contributed by atoms with van der Waals surface area (Å²) in [5.41, 5.74) is 0. The minimum absolute atomic E-state index is 0.220. The van der Waals surface area contributed by atoms with Crippen molar-refractivity contribution in [2.24, 2.45) is 0 Å². The molecule has 0 spiro atoms. The number of rotatable bonds is 9. The highest BCUT2D eigenvalue weighted by Crippen LogP contribution is 2.64. The summed E-state index contributed by atoms with van der Waals surface area (Å²) in [4.78, 5) is 0. The molecule has 0 N–H and O–H groups in total. The first kappa shape index (κ1) is 17.3. The molecule has 0 aromatic heterocycles. The van der Waals surface area contributed by atoms with Crippen molar-refractivity contribution in [2.45, 2.75) is 20.8 Å². The third kappa shape index (κ3) is 5.64. The van der Waals surface area contributed by atoms with E-state index in [0.29, 0.717) is 0 Å². The predicted octanol–water partition coefficient (Wildman–Crippen LogP) is 3.00. The van der Waals surface area contributed by atoms with Gasteiger partial charge < -0.3 is 13.6 Å². The zero-order valence-corrected chi connectivity index (χ0v) is 13.0. The summed E-state index contributed by atoms with van der Waals surface area (Å²) in [6.45, 7) is 5.95. The van der Waals surface area contributed by atoms with Crippen molar-refractivity contribution in [2.75, 3.05) is 39.8 Å². The van der Waals surface area contributed by atoms with Gasteiger partial charge in [0.1, 0.15) is 5.90 Å². The SMILES string of the molecule is CCOP(=O)(CP(=O)(OCC)N(C)C)OCC. The third-order valence-electron chi connectivity index (χ3n) is 1.94. The first-order valence-electron chi connectivity index (χ1n) is 5.63. The fraction of sp³-hybridized carbons (Fsp3) is 1.00. The van der Waals surface area contributed by atoms with Crippen LogP contribution in [0.5, 0.6) is 0 Å². The summed E-state index contributed by atoms with van der Waals surface area (Å²) < 4.78 is 41.6. The van der Waals surface area contributed by atoms with E-state index in [0.717, 1.165) is 0 Å². The second-order valence-corrected chi connectivity index (χ2v) is 8.69. The zero-order valence-electron chi connectivity index (χ0n) is 11.2. The van der Waals surface area contributed by atoms with Crippen LogP contribution in [0.15, 0.2) is 0 Å². The van der Waals surface area contributed by atoms with Gasteiger partial charge in [-0.15, -0.1) is 0 Å². The average molecular weight is 287 g/mol. The Labute approximate surface area is 104 Å². The Balaban J connectivity index is 4.93. The van der Waals surface area contributed by atoms with Crippen molar-refractivity contribution in [3.05, 3.63) is 0 Å². The van der Waals surface area contributed by atoms with Gasteiger partial charge in [-0.2, -0.15) is 0 Å². The molecule has 6 nitrogen and oxygen atoms in total. The molecule has 0 aromatic rings. The van der Waals surface area contributed by atoms with Crippen molar-refractivity contribution in [3.63, 3.8) is 0 Å². The van der Waals surface area contributed by atoms with Crippen molar-refractivity contribution >= 4 is 15.1 Å². The number of hydrogen-bond donors (Lipinski definition) is 0. The molecule has 104 valence electrons. The molecule has 0 aliphatic rings. The summed E-state index contributed by atoms with van der Waals surface area (Å²) in [5, 5.41) is 0. The Morgan fingerprint density at radius 3 is 1.59 bits per heavy atom. The lowest BCUT2D eigenvalue weighted by molar-refractivity contribution is 0.220. The first-order valence-corrected chi connectivity index (χ1v) is 9.12. The molecule has 0 radical (unpaired) electrons. The van der Waals surface area contributed by atoms with E-state index in [1.165, 1.54) is 4.67 Å². The minimum Gasteiger partial charge on any atom is -0.317 e. The molecular formula is C9H23NO5P2. The molecule has 17 heavy (non-hydrogen) atoms. The van der Waals surface area contributed by atoms with Gasteiger partial charge in [0.05, 0.1) is 19.8 Å². The van der Waals surface area contributed by atoms with E-state index in [2.05, 4.69) is 0 Å². The Morgan fingerprint density at radius 2 is 1.29 bits per heavy atom. The largest absolute Gasteiger partial charge is 0.341 e. The highest BCUT2D eigenvalue weighted by Gasteiger charge is 2.38. The van der Waals surface area contributed by atoms with Crippen LogP contribution in [-0.4, -0.2) is 44.5 Å². The van der Waals surface area contributed by atoms with Crippen LogP contribution in [0.2, 0.25) is 0 Å². The molecule has 0 saturated heterocycles. The fourth-order valence-corrected chi connectivity index (χ4v) is 6.45. The van der Waals surface area contributed by atoms with E-state index in [4.69, 9.17) is 13.6 Å². The lowest BCUT2D eigenvalue weighted by Crippen LogP contribution is -2.15. The summed E-state index contributed by atoms with van der Waals surface area (Å²) in [6.07, 6.45) is 0. The topological polar surface area (TPSA) is 65.1 Å². The maximum absolute atomic E-state index is 12.4. The summed E-state index contributed by atoms with van der Waals surface area (Å²) in [5.74, 6) is -0.220. The zero-order chi connectivity index (χ0) is 13.5. The van der Waals surface area contributed by atoms with Crippen LogP contribution in [-0.2, 0) is 22.7 Å². The first-order chi connectivity index (χ1) is 7.83. The van der Waals surface area contributed by atoms with E-state index in [9.17, 15) is 9.13 Å². The van der Waals surface area contributed by atoms with Gasteiger partial charge in [-0.1, -0.05) is 0 Å². The monoisotopic (exact) mass is 287 g/mol. The lowest BCUT2D eigenvalue weighted by Gasteiger charge is -2.27. The van der Waals surface area contributed by atoms with Gasteiger partial charge in [0, 0.05) is 0 Å². The molecule has 1 atom stereocenters. The van der Waals surface area contributed by atoms with Crippen LogP contribution in [0.25, 0.3) is 0 Å². The predicted molar refractivity (Wildman–Crippen MR) is 68.6 cm³/mol. The Kier molecular flexibility index (Phi) is 7.81. The molecule has 1 unspecified atom stereocenters. The highest BCUT2D eigenvalue weighted by atomic mass is 31.2. The van der Waals surface area contributed by atoms with Crippen LogP contribution in [0.1, 0.15) is 20.8 Å². The maximum Gasteiger partial charge on any atom is 0.341 e. The van der Waals surface area contributed by atoms with Crippen LogP contribution in [0.4, 0.5) is 0 Å². The lowest BCUT2D eigenvalue weighted by atomic mass is 10.9. The van der Waals surface area contributed by atoms with E-state index in [1.54, 1.807) is 34.9 Å². The smallest absolute Gasteiger partial charge is 0.317 e. The van der Waals surface area contributed by atoms with Crippen molar-refractivity contribution in [1.82, 2.24) is 4.67 Å². The van der Waals surface area contributed by atoms with E-state index < -0.39 is 15.1 Å². The molecule has 0 saturated carbocycles. The van der Waals surface area contributed by atoms with Gasteiger partial charge in [-0.25, -0.2) is 4.67 Å². The van der Waals surface area contributed by atoms with Crippen LogP contribution in [0.3, 0.4) is 0 Å². The summed E-state index contributed by atoms with van der Waals surface area (Å²) >= 11 is 0. The minimum atomic E-state index is -3.35. The average Bonchev–Trinajstić information content (AvgIpc) is 2.17. The molecule has 0 rings (SSSR count). The molecule has 0 fully saturated rings. The van der Waals surface area contributed by atoms with Gasteiger partial charge >= 0.3 is 7.60 Å². The highest BCUT2D eigenvalue weighted by molar-refractivity contribution is 7.72. The number of hydrogen-bond acceptors (Lipinski definition) is 5. The van der Waals surface area contributed by atoms with Crippen molar-refractivity contribution in [1.29, 1.82) is 0 Å². The van der Waals surface area contributed by atoms with Crippen LogP contribution < -0.4 is 0 Å². The summed E-state index contributed by atoms with van der Waals surface area (Å²) in [7, 11) is -3.26. The maximum atomic E-state index is 12.4. The Morgan fingerprint density at radius 1 is 0.882 bits per heavy atom. The van der Waals surface area contributed by atoms with Gasteiger partial charge in [-0.3, -0.25) is 9.13 Å². The molecule has 0 amide bonds. The van der Waals surface area contributed by atoms with Crippen molar-refractivity contribution in [3.8, 4) is 0 Å². The van der Waals surface area contributed by atoms with Crippen LogP contribution >= 0.6 is 15.1 Å². The molecule has 8 heteroatoms. The van der Waals surface area contributed by atoms with Gasteiger partial charge in [0.2, 0.25) is 0 Å². The molecule has 0 aromatic carbocycles. The standard InChI is InChI=1S/C9H23NO5P2/c1-6-13-16(11,10(4)5)9-17(12,14-7-2)15-8-3/h6-9H2,1-5H3. The van der Waals surface area contributed by atoms with E-state index in [-0.39, 0.29) is 25.7 Å². The Hall–Kier alpha value is 0.300. The quantitative estimate of drug-likeness (QED) is 0.607. The van der Waals surface area contributed by atoms with Gasteiger partial charge in [-0.05, 0) is 34.9 Å². The van der Waals surface area contributed by atoms with Crippen LogP contribution in [0, 0.1) is 0 Å². The molecule has 0 aliphatic carbocycles. The molecule has 0 bridgehead atoms. The molecule has 0 aliphatic heterocycles. The fourth-order valence-electron chi connectivity index (χ4n) is 1.22.